The van der Waals surface area contributed by atoms with Crippen molar-refractivity contribution in [2.75, 3.05) is 33.4 Å². The monoisotopic (exact) mass is 527 g/mol. The molecule has 3 fully saturated rings. The third kappa shape index (κ3) is 5.47. The highest BCUT2D eigenvalue weighted by Crippen LogP contribution is 2.54. The molecule has 0 bridgehead atoms. The van der Waals surface area contributed by atoms with Gasteiger partial charge in [-0.3, -0.25) is 9.78 Å². The van der Waals surface area contributed by atoms with Gasteiger partial charge in [-0.2, -0.15) is 0 Å². The molecule has 1 aromatic heterocycles. The highest BCUT2D eigenvalue weighted by Gasteiger charge is 2.49. The van der Waals surface area contributed by atoms with Crippen molar-refractivity contribution in [3.05, 3.63) is 101 Å². The summed E-state index contributed by atoms with van der Waals surface area (Å²) in [5, 5.41) is 3.08. The fraction of sp³-hybridized carbons (Fsp3) is 0.375. The van der Waals surface area contributed by atoms with Crippen LogP contribution in [0.15, 0.2) is 72.6 Å². The number of halogens is 1. The molecule has 1 amide bonds. The number of hydrogen-bond acceptors (Lipinski definition) is 5. The number of benzene rings is 2. The van der Waals surface area contributed by atoms with E-state index in [0.717, 1.165) is 49.0 Å². The molecule has 39 heavy (non-hydrogen) atoms. The number of allylic oxidation sites excluding steroid dienone is 1. The number of nitrogens with zero attached hydrogens (tertiary/aromatic N) is 2. The second kappa shape index (κ2) is 10.5. The third-order valence-electron chi connectivity index (χ3n) is 8.09. The molecule has 3 heterocycles. The fourth-order valence-corrected chi connectivity index (χ4v) is 6.25. The third-order valence-corrected chi connectivity index (χ3v) is 8.09. The quantitative estimate of drug-likeness (QED) is 0.445. The first-order chi connectivity index (χ1) is 18.9. The van der Waals surface area contributed by atoms with E-state index in [2.05, 4.69) is 46.5 Å². The van der Waals surface area contributed by atoms with Gasteiger partial charge in [-0.05, 0) is 67.3 Å². The summed E-state index contributed by atoms with van der Waals surface area (Å²) < 4.78 is 25.0. The number of ether oxygens (including phenoxy) is 2. The summed E-state index contributed by atoms with van der Waals surface area (Å²) >= 11 is 0. The van der Waals surface area contributed by atoms with E-state index in [1.165, 1.54) is 23.3 Å². The van der Waals surface area contributed by atoms with E-state index in [-0.39, 0.29) is 23.9 Å². The number of aromatic nitrogens is 1. The molecule has 7 heteroatoms. The number of likely N-dealkylation sites (tertiary alicyclic amines) is 1. The second-order valence-electron chi connectivity index (χ2n) is 11.3. The van der Waals surface area contributed by atoms with Crippen molar-refractivity contribution in [1.82, 2.24) is 15.2 Å². The molecule has 1 spiro atoms. The first kappa shape index (κ1) is 25.7. The van der Waals surface area contributed by atoms with E-state index in [4.69, 9.17) is 9.47 Å². The zero-order chi connectivity index (χ0) is 27.0. The molecule has 3 aromatic rings. The molecule has 2 aliphatic heterocycles. The van der Waals surface area contributed by atoms with Crippen LogP contribution in [0.3, 0.4) is 0 Å². The van der Waals surface area contributed by atoms with Gasteiger partial charge in [0.05, 0.1) is 31.0 Å². The molecule has 3 aliphatic rings. The van der Waals surface area contributed by atoms with Crippen molar-refractivity contribution in [2.24, 2.45) is 5.41 Å². The molecule has 2 saturated heterocycles. The highest BCUT2D eigenvalue weighted by molar-refractivity contribution is 5.94. The number of carbonyl (C=O) groups is 1. The number of hydrogen-bond donors (Lipinski definition) is 1. The molecule has 1 aliphatic carbocycles. The minimum absolute atomic E-state index is 0.00199. The Morgan fingerprint density at radius 1 is 1.08 bits per heavy atom. The molecule has 2 atom stereocenters. The maximum absolute atomic E-state index is 13.7. The molecule has 1 saturated carbocycles. The number of rotatable bonds is 7. The van der Waals surface area contributed by atoms with Crippen LogP contribution in [0.5, 0.6) is 5.75 Å². The average Bonchev–Trinajstić information content (AvgIpc) is 3.41. The maximum atomic E-state index is 13.7. The van der Waals surface area contributed by atoms with Gasteiger partial charge in [0.25, 0.3) is 5.91 Å². The standard InChI is InChI=1S/C32H34FN3O3/c1-21(35-31(37)25-13-29(17-34-16-25)39-28-11-12-38-18-28)22-3-5-23(6-4-22)30(24-7-9-27(33)10-8-24)26-14-32(15-26)19-36(2)20-32/h3-10,13,16-17,21,28H,11-12,14-15,18-20H2,1-2H3,(H,35,37)/t21-,28-/m1/s1. The van der Waals surface area contributed by atoms with E-state index in [9.17, 15) is 9.18 Å². The zero-order valence-corrected chi connectivity index (χ0v) is 22.5. The molecule has 0 radical (unpaired) electrons. The summed E-state index contributed by atoms with van der Waals surface area (Å²) in [4.78, 5) is 19.5. The molecule has 6 nitrogen and oxygen atoms in total. The Hall–Kier alpha value is -3.55. The van der Waals surface area contributed by atoms with Crippen LogP contribution in [0, 0.1) is 11.2 Å². The summed E-state index contributed by atoms with van der Waals surface area (Å²) in [5.41, 5.74) is 6.67. The predicted molar refractivity (Wildman–Crippen MR) is 148 cm³/mol. The summed E-state index contributed by atoms with van der Waals surface area (Å²) in [6.45, 7) is 5.50. The summed E-state index contributed by atoms with van der Waals surface area (Å²) in [7, 11) is 2.17. The van der Waals surface area contributed by atoms with Gasteiger partial charge in [-0.1, -0.05) is 42.0 Å². The average molecular weight is 528 g/mol. The van der Waals surface area contributed by atoms with Crippen LogP contribution in [-0.2, 0) is 4.74 Å². The van der Waals surface area contributed by atoms with E-state index in [0.29, 0.717) is 29.9 Å². The van der Waals surface area contributed by atoms with Crippen molar-refractivity contribution >= 4 is 11.5 Å². The number of pyridine rings is 1. The van der Waals surface area contributed by atoms with Gasteiger partial charge in [0.15, 0.2) is 0 Å². The van der Waals surface area contributed by atoms with E-state index < -0.39 is 0 Å². The van der Waals surface area contributed by atoms with E-state index >= 15 is 0 Å². The smallest absolute Gasteiger partial charge is 0.253 e. The Morgan fingerprint density at radius 3 is 2.41 bits per heavy atom. The molecular weight excluding hydrogens is 493 g/mol. The van der Waals surface area contributed by atoms with E-state index in [1.54, 1.807) is 18.5 Å². The first-order valence-electron chi connectivity index (χ1n) is 13.6. The van der Waals surface area contributed by atoms with Crippen LogP contribution < -0.4 is 10.1 Å². The zero-order valence-electron chi connectivity index (χ0n) is 22.5. The number of amides is 1. The van der Waals surface area contributed by atoms with Gasteiger partial charge in [-0.25, -0.2) is 4.39 Å². The lowest BCUT2D eigenvalue weighted by Gasteiger charge is -2.56. The Balaban J connectivity index is 1.16. The SMILES string of the molecule is C[C@@H](NC(=O)c1cncc(O[C@@H]2CCOC2)c1)c1ccc(C(=C2CC3(C2)CN(C)C3)c2ccc(F)cc2)cc1. The van der Waals surface area contributed by atoms with Crippen LogP contribution >= 0.6 is 0 Å². The normalized spacial score (nSPS) is 20.7. The summed E-state index contributed by atoms with van der Waals surface area (Å²) in [6.07, 6.45) is 6.18. The van der Waals surface area contributed by atoms with Gasteiger partial charge in [0, 0.05) is 31.1 Å². The Bertz CT molecular complexity index is 1360. The second-order valence-corrected chi connectivity index (χ2v) is 11.3. The number of nitrogens with one attached hydrogen (secondary N) is 1. The number of carbonyl (C=O) groups excluding carboxylic acids is 1. The molecule has 1 N–H and O–H groups in total. The van der Waals surface area contributed by atoms with Crippen molar-refractivity contribution in [2.45, 2.75) is 38.3 Å². The van der Waals surface area contributed by atoms with Crippen LogP contribution in [0.25, 0.3) is 5.57 Å². The highest BCUT2D eigenvalue weighted by atomic mass is 19.1. The molecular formula is C32H34FN3O3. The van der Waals surface area contributed by atoms with Crippen LogP contribution in [0.1, 0.15) is 59.3 Å². The Morgan fingerprint density at radius 2 is 1.77 bits per heavy atom. The van der Waals surface area contributed by atoms with Crippen LogP contribution in [0.2, 0.25) is 0 Å². The Labute approximate surface area is 228 Å². The molecule has 6 rings (SSSR count). The first-order valence-corrected chi connectivity index (χ1v) is 13.6. The van der Waals surface area contributed by atoms with Crippen molar-refractivity contribution < 1.29 is 18.7 Å². The van der Waals surface area contributed by atoms with Gasteiger partial charge in [0.1, 0.15) is 17.7 Å². The summed E-state index contributed by atoms with van der Waals surface area (Å²) in [5.74, 6) is 0.142. The van der Waals surface area contributed by atoms with E-state index in [1.807, 2.05) is 19.1 Å². The summed E-state index contributed by atoms with van der Waals surface area (Å²) in [6, 6.07) is 16.7. The minimum atomic E-state index is -0.228. The van der Waals surface area contributed by atoms with Crippen molar-refractivity contribution in [1.29, 1.82) is 0 Å². The largest absolute Gasteiger partial charge is 0.486 e. The van der Waals surface area contributed by atoms with Gasteiger partial charge >= 0.3 is 0 Å². The van der Waals surface area contributed by atoms with Gasteiger partial charge in [0.2, 0.25) is 0 Å². The maximum Gasteiger partial charge on any atom is 0.253 e. The lowest BCUT2D eigenvalue weighted by molar-refractivity contribution is -0.0106. The molecule has 202 valence electrons. The van der Waals surface area contributed by atoms with Crippen LogP contribution in [-0.4, -0.2) is 55.2 Å². The lowest BCUT2D eigenvalue weighted by atomic mass is 9.59. The van der Waals surface area contributed by atoms with Crippen LogP contribution in [0.4, 0.5) is 4.39 Å². The van der Waals surface area contributed by atoms with Gasteiger partial charge in [-0.15, -0.1) is 0 Å². The fourth-order valence-electron chi connectivity index (χ4n) is 6.25. The molecule has 0 unspecified atom stereocenters. The van der Waals surface area contributed by atoms with Crippen molar-refractivity contribution in [3.63, 3.8) is 0 Å². The topological polar surface area (TPSA) is 63.7 Å². The van der Waals surface area contributed by atoms with Crippen molar-refractivity contribution in [3.8, 4) is 5.75 Å². The Kier molecular flexibility index (Phi) is 6.95. The lowest BCUT2D eigenvalue weighted by Crippen LogP contribution is -2.58. The predicted octanol–water partition coefficient (Wildman–Crippen LogP) is 5.41. The molecule has 2 aromatic carbocycles. The minimum Gasteiger partial charge on any atom is -0.486 e. The van der Waals surface area contributed by atoms with Gasteiger partial charge < -0.3 is 19.7 Å².